The van der Waals surface area contributed by atoms with E-state index in [-0.39, 0.29) is 24.5 Å². The van der Waals surface area contributed by atoms with E-state index in [4.69, 9.17) is 14.2 Å². The second-order valence-electron chi connectivity index (χ2n) is 7.45. The van der Waals surface area contributed by atoms with Crippen LogP contribution >= 0.6 is 0 Å². The van der Waals surface area contributed by atoms with E-state index >= 15 is 0 Å². The van der Waals surface area contributed by atoms with Crippen molar-refractivity contribution in [2.24, 2.45) is 0 Å². The van der Waals surface area contributed by atoms with Gasteiger partial charge in [0, 0.05) is 19.0 Å². The highest BCUT2D eigenvalue weighted by molar-refractivity contribution is 6.14. The van der Waals surface area contributed by atoms with Crippen LogP contribution < -0.4 is 14.2 Å². The Labute approximate surface area is 183 Å². The molecule has 1 fully saturated rings. The maximum Gasteiger partial charge on any atom is 0.326 e. The highest BCUT2D eigenvalue weighted by atomic mass is 16.5. The monoisotopic (exact) mass is 439 g/mol. The van der Waals surface area contributed by atoms with Gasteiger partial charge in [0.05, 0.1) is 18.8 Å². The molecule has 9 heteroatoms. The van der Waals surface area contributed by atoms with Gasteiger partial charge in [-0.1, -0.05) is 12.1 Å². The van der Waals surface area contributed by atoms with Crippen LogP contribution in [0.4, 0.5) is 0 Å². The molecule has 4 rings (SSSR count). The SMILES string of the molecule is COc1cccc(C=C2Oc3cc(OCC(=O)N4CC(O)CC4C(=O)O)ccc3C2=O)c1. The number of ketones is 1. The van der Waals surface area contributed by atoms with Gasteiger partial charge in [-0.05, 0) is 35.9 Å². The number of methoxy groups -OCH3 is 1. The van der Waals surface area contributed by atoms with Crippen LogP contribution in [0.3, 0.4) is 0 Å². The lowest BCUT2D eigenvalue weighted by molar-refractivity contribution is -0.148. The Morgan fingerprint density at radius 3 is 2.78 bits per heavy atom. The van der Waals surface area contributed by atoms with Crippen molar-refractivity contribution in [2.45, 2.75) is 18.6 Å². The summed E-state index contributed by atoms with van der Waals surface area (Å²) in [6.07, 6.45) is 0.715. The first-order chi connectivity index (χ1) is 15.4. The molecule has 2 aliphatic heterocycles. The van der Waals surface area contributed by atoms with E-state index in [0.29, 0.717) is 22.8 Å². The van der Waals surface area contributed by atoms with Crippen LogP contribution in [0.5, 0.6) is 17.2 Å². The molecule has 9 nitrogen and oxygen atoms in total. The topological polar surface area (TPSA) is 123 Å². The summed E-state index contributed by atoms with van der Waals surface area (Å²) in [4.78, 5) is 37.4. The molecular formula is C23H21NO8. The number of allylic oxidation sites excluding steroid dienone is 1. The molecule has 2 heterocycles. The number of carboxylic acids is 1. The predicted octanol–water partition coefficient (Wildman–Crippen LogP) is 1.74. The molecule has 2 unspecified atom stereocenters. The average molecular weight is 439 g/mol. The van der Waals surface area contributed by atoms with Crippen molar-refractivity contribution in [1.82, 2.24) is 4.90 Å². The number of aliphatic hydroxyl groups is 1. The molecule has 2 aromatic carbocycles. The zero-order valence-corrected chi connectivity index (χ0v) is 17.2. The number of aliphatic hydroxyl groups excluding tert-OH is 1. The molecule has 0 aliphatic carbocycles. The molecular weight excluding hydrogens is 418 g/mol. The number of carbonyl (C=O) groups is 3. The fourth-order valence-corrected chi connectivity index (χ4v) is 3.69. The number of carbonyl (C=O) groups excluding carboxylic acids is 2. The summed E-state index contributed by atoms with van der Waals surface area (Å²) in [5, 5.41) is 18.9. The summed E-state index contributed by atoms with van der Waals surface area (Å²) in [6.45, 7) is -0.463. The first-order valence-corrected chi connectivity index (χ1v) is 9.91. The fraction of sp³-hybridized carbons (Fsp3) is 0.261. The summed E-state index contributed by atoms with van der Waals surface area (Å²) in [5.41, 5.74) is 1.11. The van der Waals surface area contributed by atoms with E-state index in [2.05, 4.69) is 0 Å². The van der Waals surface area contributed by atoms with Crippen LogP contribution in [-0.4, -0.2) is 65.2 Å². The molecule has 1 saturated heterocycles. The Balaban J connectivity index is 1.44. The van der Waals surface area contributed by atoms with Crippen LogP contribution in [0.1, 0.15) is 22.3 Å². The number of carboxylic acid groups (broad SMARTS) is 1. The number of ether oxygens (including phenoxy) is 3. The van der Waals surface area contributed by atoms with Crippen LogP contribution in [0.15, 0.2) is 48.2 Å². The average Bonchev–Trinajstić information content (AvgIpc) is 3.32. The first kappa shape index (κ1) is 21.4. The zero-order valence-electron chi connectivity index (χ0n) is 17.2. The largest absolute Gasteiger partial charge is 0.497 e. The van der Waals surface area contributed by atoms with Gasteiger partial charge in [0.2, 0.25) is 5.78 Å². The van der Waals surface area contributed by atoms with Gasteiger partial charge < -0.3 is 29.3 Å². The molecule has 1 amide bonds. The molecule has 0 spiro atoms. The Bertz CT molecular complexity index is 1110. The number of likely N-dealkylation sites (tertiary alicyclic amines) is 1. The zero-order chi connectivity index (χ0) is 22.8. The lowest BCUT2D eigenvalue weighted by atomic mass is 10.1. The van der Waals surface area contributed by atoms with Crippen molar-refractivity contribution in [2.75, 3.05) is 20.3 Å². The third-order valence-corrected chi connectivity index (χ3v) is 5.28. The Hall–Kier alpha value is -3.85. The van der Waals surface area contributed by atoms with Gasteiger partial charge in [-0.25, -0.2) is 4.79 Å². The summed E-state index contributed by atoms with van der Waals surface area (Å²) in [5.74, 6) is -0.607. The summed E-state index contributed by atoms with van der Waals surface area (Å²) >= 11 is 0. The molecule has 0 saturated carbocycles. The molecule has 2 aliphatic rings. The van der Waals surface area contributed by atoms with Gasteiger partial charge >= 0.3 is 5.97 Å². The van der Waals surface area contributed by atoms with E-state index < -0.39 is 30.6 Å². The second-order valence-corrected chi connectivity index (χ2v) is 7.45. The van der Waals surface area contributed by atoms with Crippen LogP contribution in [0.25, 0.3) is 6.08 Å². The summed E-state index contributed by atoms with van der Waals surface area (Å²) in [6, 6.07) is 10.7. The molecule has 2 aromatic rings. The molecule has 0 aromatic heterocycles. The lowest BCUT2D eigenvalue weighted by Crippen LogP contribution is -2.42. The number of β-amino-alcohol motifs (C(OH)–C–C–N with tert-alkyl or cyclic N) is 1. The number of aliphatic carboxylic acids is 1. The summed E-state index contributed by atoms with van der Waals surface area (Å²) in [7, 11) is 1.55. The Morgan fingerprint density at radius 2 is 2.03 bits per heavy atom. The number of benzene rings is 2. The van der Waals surface area contributed by atoms with Crippen LogP contribution in [0.2, 0.25) is 0 Å². The molecule has 0 bridgehead atoms. The van der Waals surface area contributed by atoms with Crippen LogP contribution in [-0.2, 0) is 9.59 Å². The minimum Gasteiger partial charge on any atom is -0.497 e. The van der Waals surface area contributed by atoms with E-state index in [1.807, 2.05) is 6.07 Å². The number of rotatable bonds is 6. The van der Waals surface area contributed by atoms with Gasteiger partial charge in [0.15, 0.2) is 12.4 Å². The van der Waals surface area contributed by atoms with Crippen LogP contribution in [0, 0.1) is 0 Å². The summed E-state index contributed by atoms with van der Waals surface area (Å²) < 4.78 is 16.4. The number of nitrogens with zero attached hydrogens (tertiary/aromatic N) is 1. The van der Waals surface area contributed by atoms with Crippen molar-refractivity contribution in [3.05, 3.63) is 59.4 Å². The third kappa shape index (κ3) is 4.28. The number of hydrogen-bond donors (Lipinski definition) is 2. The number of amides is 1. The van der Waals surface area contributed by atoms with Crippen molar-refractivity contribution >= 4 is 23.7 Å². The Kier molecular flexibility index (Phi) is 5.83. The van der Waals surface area contributed by atoms with E-state index in [1.54, 1.807) is 37.5 Å². The van der Waals surface area contributed by atoms with E-state index in [1.165, 1.54) is 12.1 Å². The van der Waals surface area contributed by atoms with Gasteiger partial charge in [-0.15, -0.1) is 0 Å². The van der Waals surface area contributed by atoms with E-state index in [0.717, 1.165) is 10.5 Å². The molecule has 32 heavy (non-hydrogen) atoms. The molecule has 166 valence electrons. The van der Waals surface area contributed by atoms with Gasteiger partial charge in [-0.3, -0.25) is 9.59 Å². The normalized spacial score (nSPS) is 20.8. The molecule has 2 atom stereocenters. The van der Waals surface area contributed by atoms with Gasteiger partial charge in [0.1, 0.15) is 23.3 Å². The Morgan fingerprint density at radius 1 is 1.22 bits per heavy atom. The molecule has 2 N–H and O–H groups in total. The van der Waals surface area contributed by atoms with Crippen molar-refractivity contribution in [1.29, 1.82) is 0 Å². The van der Waals surface area contributed by atoms with Crippen molar-refractivity contribution in [3.8, 4) is 17.2 Å². The number of Topliss-reactive ketones (excluding diaryl/α,β-unsaturated/α-hetero) is 1. The van der Waals surface area contributed by atoms with Gasteiger partial charge in [0.25, 0.3) is 5.91 Å². The highest BCUT2D eigenvalue weighted by Gasteiger charge is 2.39. The quantitative estimate of drug-likeness (QED) is 0.653. The van der Waals surface area contributed by atoms with E-state index in [9.17, 15) is 24.6 Å². The maximum atomic E-state index is 12.6. The minimum atomic E-state index is -1.17. The lowest BCUT2D eigenvalue weighted by Gasteiger charge is -2.21. The fourth-order valence-electron chi connectivity index (χ4n) is 3.69. The molecule has 0 radical (unpaired) electrons. The standard InChI is InChI=1S/C23H21NO8/c1-30-15-4-2-3-13(7-15)8-20-22(27)17-6-5-16(10-19(17)32-20)31-12-21(26)24-11-14(25)9-18(24)23(28)29/h2-8,10,14,18,25H,9,11-12H2,1H3,(H,28,29). The second kappa shape index (κ2) is 8.72. The van der Waals surface area contributed by atoms with Crippen molar-refractivity contribution < 1.29 is 38.8 Å². The maximum absolute atomic E-state index is 12.6. The number of fused-ring (bicyclic) bond motifs is 1. The highest BCUT2D eigenvalue weighted by Crippen LogP contribution is 2.35. The number of hydrogen-bond acceptors (Lipinski definition) is 7. The predicted molar refractivity (Wildman–Crippen MR) is 112 cm³/mol. The minimum absolute atomic E-state index is 0.0156. The third-order valence-electron chi connectivity index (χ3n) is 5.28. The van der Waals surface area contributed by atoms with Crippen molar-refractivity contribution in [3.63, 3.8) is 0 Å². The first-order valence-electron chi connectivity index (χ1n) is 9.91. The smallest absolute Gasteiger partial charge is 0.326 e. The van der Waals surface area contributed by atoms with Gasteiger partial charge in [-0.2, -0.15) is 0 Å².